The summed E-state index contributed by atoms with van der Waals surface area (Å²) in [6.45, 7) is 0.272. The molecule has 0 bridgehead atoms. The Morgan fingerprint density at radius 3 is 2.67 bits per heavy atom. The largest absolute Gasteiger partial charge is 0.396 e. The van der Waals surface area contributed by atoms with Crippen molar-refractivity contribution >= 4 is 17.4 Å². The number of carbonyl (C=O) groups excluding carboxylic acids is 1. The number of rotatable bonds is 3. The molecule has 0 spiro atoms. The summed E-state index contributed by atoms with van der Waals surface area (Å²) in [5.41, 5.74) is 6.32. The molecule has 0 saturated heterocycles. The van der Waals surface area contributed by atoms with Crippen LogP contribution in [0, 0.1) is 0 Å². The van der Waals surface area contributed by atoms with Gasteiger partial charge < -0.3 is 15.5 Å². The number of nitrogens with two attached hydrogens (primary N) is 1. The number of aromatic nitrogens is 1. The summed E-state index contributed by atoms with van der Waals surface area (Å²) >= 11 is 0. The van der Waals surface area contributed by atoms with Crippen LogP contribution in [0.3, 0.4) is 0 Å². The predicted molar refractivity (Wildman–Crippen MR) is 60.6 cm³/mol. The molecule has 82 valence electrons. The Labute approximate surface area is 89.5 Å². The molecule has 1 aromatic rings. The van der Waals surface area contributed by atoms with E-state index in [1.165, 1.54) is 4.90 Å². The van der Waals surface area contributed by atoms with E-state index in [9.17, 15) is 4.79 Å². The summed E-state index contributed by atoms with van der Waals surface area (Å²) in [4.78, 5) is 18.8. The SMILES string of the molecule is CN(C)C(=O)CN(C)c1ncccc1N. The van der Waals surface area contributed by atoms with Gasteiger partial charge in [-0.15, -0.1) is 0 Å². The zero-order valence-electron chi connectivity index (χ0n) is 9.27. The fourth-order valence-electron chi connectivity index (χ4n) is 1.15. The molecular formula is C10H16N4O. The Morgan fingerprint density at radius 2 is 2.13 bits per heavy atom. The van der Waals surface area contributed by atoms with Crippen LogP contribution in [0.4, 0.5) is 11.5 Å². The predicted octanol–water partition coefficient (Wildman–Crippen LogP) is 0.188. The highest BCUT2D eigenvalue weighted by atomic mass is 16.2. The molecule has 0 aromatic carbocycles. The maximum atomic E-state index is 11.5. The monoisotopic (exact) mass is 208 g/mol. The molecule has 1 aromatic heterocycles. The number of anilines is 2. The van der Waals surface area contributed by atoms with Gasteiger partial charge in [0, 0.05) is 27.3 Å². The van der Waals surface area contributed by atoms with E-state index < -0.39 is 0 Å². The van der Waals surface area contributed by atoms with Crippen molar-refractivity contribution in [1.82, 2.24) is 9.88 Å². The molecule has 0 aliphatic rings. The summed E-state index contributed by atoms with van der Waals surface area (Å²) in [6, 6.07) is 3.53. The summed E-state index contributed by atoms with van der Waals surface area (Å²) in [7, 11) is 5.23. The molecule has 1 heterocycles. The molecule has 0 aliphatic carbocycles. The minimum atomic E-state index is 0.0163. The minimum Gasteiger partial charge on any atom is -0.396 e. The number of nitrogen functional groups attached to an aromatic ring is 1. The molecule has 0 fully saturated rings. The topological polar surface area (TPSA) is 62.5 Å². The standard InChI is InChI=1S/C10H16N4O/c1-13(2)9(15)7-14(3)10-8(11)5-4-6-12-10/h4-6H,7,11H2,1-3H3. The lowest BCUT2D eigenvalue weighted by atomic mass is 10.3. The van der Waals surface area contributed by atoms with Gasteiger partial charge in [-0.3, -0.25) is 4.79 Å². The van der Waals surface area contributed by atoms with Crippen molar-refractivity contribution in [3.8, 4) is 0 Å². The molecule has 2 N–H and O–H groups in total. The van der Waals surface area contributed by atoms with Crippen molar-refractivity contribution in [1.29, 1.82) is 0 Å². The lowest BCUT2D eigenvalue weighted by Gasteiger charge is -2.20. The van der Waals surface area contributed by atoms with E-state index in [1.54, 1.807) is 44.4 Å². The second kappa shape index (κ2) is 4.63. The summed E-state index contributed by atoms with van der Waals surface area (Å²) in [6.07, 6.45) is 1.66. The quantitative estimate of drug-likeness (QED) is 0.770. The van der Waals surface area contributed by atoms with Gasteiger partial charge in [0.15, 0.2) is 5.82 Å². The molecule has 0 radical (unpaired) electrons. The lowest BCUT2D eigenvalue weighted by Crippen LogP contribution is -2.35. The van der Waals surface area contributed by atoms with Crippen molar-refractivity contribution < 1.29 is 4.79 Å². The number of hydrogen-bond donors (Lipinski definition) is 1. The fraction of sp³-hybridized carbons (Fsp3) is 0.400. The van der Waals surface area contributed by atoms with Crippen LogP contribution < -0.4 is 10.6 Å². The third kappa shape index (κ3) is 2.83. The highest BCUT2D eigenvalue weighted by molar-refractivity contribution is 5.81. The van der Waals surface area contributed by atoms with E-state index in [4.69, 9.17) is 5.73 Å². The molecule has 0 aliphatic heterocycles. The highest BCUT2D eigenvalue weighted by Crippen LogP contribution is 2.16. The first-order valence-electron chi connectivity index (χ1n) is 4.64. The Hall–Kier alpha value is -1.78. The van der Waals surface area contributed by atoms with Crippen LogP contribution >= 0.6 is 0 Å². The fourth-order valence-corrected chi connectivity index (χ4v) is 1.15. The van der Waals surface area contributed by atoms with E-state index in [2.05, 4.69) is 4.98 Å². The van der Waals surface area contributed by atoms with Gasteiger partial charge in [-0.05, 0) is 12.1 Å². The minimum absolute atomic E-state index is 0.0163. The molecule has 1 amide bonds. The number of nitrogens with zero attached hydrogens (tertiary/aromatic N) is 3. The first kappa shape index (κ1) is 11.3. The zero-order valence-corrected chi connectivity index (χ0v) is 9.27. The third-order valence-electron chi connectivity index (χ3n) is 2.05. The Bertz CT molecular complexity index is 351. The smallest absolute Gasteiger partial charge is 0.241 e. The zero-order chi connectivity index (χ0) is 11.4. The average molecular weight is 208 g/mol. The van der Waals surface area contributed by atoms with Gasteiger partial charge in [0.2, 0.25) is 5.91 Å². The van der Waals surface area contributed by atoms with Gasteiger partial charge in [0.1, 0.15) is 0 Å². The first-order valence-corrected chi connectivity index (χ1v) is 4.64. The van der Waals surface area contributed by atoms with E-state index in [0.29, 0.717) is 11.5 Å². The number of amides is 1. The molecule has 1 rings (SSSR count). The van der Waals surface area contributed by atoms with Gasteiger partial charge in [-0.2, -0.15) is 0 Å². The molecule has 5 heteroatoms. The summed E-state index contributed by atoms with van der Waals surface area (Å²) < 4.78 is 0. The van der Waals surface area contributed by atoms with Crippen LogP contribution in [-0.2, 0) is 4.79 Å². The van der Waals surface area contributed by atoms with Crippen molar-refractivity contribution in [2.45, 2.75) is 0 Å². The average Bonchev–Trinajstić information content (AvgIpc) is 2.18. The van der Waals surface area contributed by atoms with Crippen molar-refractivity contribution in [2.24, 2.45) is 0 Å². The molecule has 5 nitrogen and oxygen atoms in total. The Kier molecular flexibility index (Phi) is 3.49. The summed E-state index contributed by atoms with van der Waals surface area (Å²) in [5, 5.41) is 0. The molecule has 0 unspecified atom stereocenters. The Morgan fingerprint density at radius 1 is 1.47 bits per heavy atom. The maximum Gasteiger partial charge on any atom is 0.241 e. The van der Waals surface area contributed by atoms with Crippen LogP contribution in [0.2, 0.25) is 0 Å². The van der Waals surface area contributed by atoms with Gasteiger partial charge >= 0.3 is 0 Å². The van der Waals surface area contributed by atoms with Gasteiger partial charge in [0.25, 0.3) is 0 Å². The van der Waals surface area contributed by atoms with Crippen molar-refractivity contribution in [3.05, 3.63) is 18.3 Å². The van der Waals surface area contributed by atoms with Crippen LogP contribution in [0.1, 0.15) is 0 Å². The number of pyridine rings is 1. The lowest BCUT2D eigenvalue weighted by molar-refractivity contribution is -0.127. The van der Waals surface area contributed by atoms with Gasteiger partial charge in [0.05, 0.1) is 12.2 Å². The summed E-state index contributed by atoms with van der Waals surface area (Å²) in [5.74, 6) is 0.648. The number of likely N-dealkylation sites (N-methyl/N-ethyl adjacent to an activating group) is 2. The second-order valence-electron chi connectivity index (χ2n) is 3.56. The van der Waals surface area contributed by atoms with Crippen LogP contribution in [0.25, 0.3) is 0 Å². The highest BCUT2D eigenvalue weighted by Gasteiger charge is 2.11. The Balaban J connectivity index is 2.73. The van der Waals surface area contributed by atoms with Crippen LogP contribution in [0.15, 0.2) is 18.3 Å². The van der Waals surface area contributed by atoms with E-state index >= 15 is 0 Å². The number of hydrogen-bond acceptors (Lipinski definition) is 4. The molecule has 15 heavy (non-hydrogen) atoms. The van der Waals surface area contributed by atoms with Crippen LogP contribution in [0.5, 0.6) is 0 Å². The molecule has 0 saturated carbocycles. The van der Waals surface area contributed by atoms with Gasteiger partial charge in [-0.1, -0.05) is 0 Å². The molecular weight excluding hydrogens is 192 g/mol. The maximum absolute atomic E-state index is 11.5. The molecule has 0 atom stereocenters. The number of carbonyl (C=O) groups is 1. The van der Waals surface area contributed by atoms with Crippen molar-refractivity contribution in [2.75, 3.05) is 38.3 Å². The van der Waals surface area contributed by atoms with E-state index in [0.717, 1.165) is 0 Å². The second-order valence-corrected chi connectivity index (χ2v) is 3.56. The normalized spacial score (nSPS) is 9.80. The first-order chi connectivity index (χ1) is 7.02. The van der Waals surface area contributed by atoms with E-state index in [1.807, 2.05) is 0 Å². The van der Waals surface area contributed by atoms with Gasteiger partial charge in [-0.25, -0.2) is 4.98 Å². The van der Waals surface area contributed by atoms with Crippen LogP contribution in [-0.4, -0.2) is 43.5 Å². The third-order valence-corrected chi connectivity index (χ3v) is 2.05. The van der Waals surface area contributed by atoms with Crippen molar-refractivity contribution in [3.63, 3.8) is 0 Å². The van der Waals surface area contributed by atoms with E-state index in [-0.39, 0.29) is 12.5 Å².